The minimum absolute atomic E-state index is 0.0939. The van der Waals surface area contributed by atoms with Gasteiger partial charge in [-0.1, -0.05) is 15.9 Å². The summed E-state index contributed by atoms with van der Waals surface area (Å²) in [5.41, 5.74) is 0. The molecule has 6 heteroatoms. The van der Waals surface area contributed by atoms with E-state index in [-0.39, 0.29) is 12.5 Å². The number of nitrogens with zero attached hydrogens (tertiary/aromatic N) is 1. The maximum atomic E-state index is 11.9. The highest BCUT2D eigenvalue weighted by Gasteiger charge is 2.21. The van der Waals surface area contributed by atoms with Crippen LogP contribution in [0, 0.1) is 0 Å². The minimum atomic E-state index is -0.671. The fraction of sp³-hybridized carbons (Fsp3) is 0.385. The molecular formula is C13H16BrNO4. The van der Waals surface area contributed by atoms with E-state index in [2.05, 4.69) is 20.7 Å². The maximum Gasteiger partial charge on any atom is 0.325 e. The van der Waals surface area contributed by atoms with Crippen LogP contribution in [-0.2, 0) is 14.3 Å². The molecule has 0 radical (unpaired) electrons. The highest BCUT2D eigenvalue weighted by atomic mass is 79.9. The van der Waals surface area contributed by atoms with Crippen molar-refractivity contribution in [3.63, 3.8) is 0 Å². The summed E-state index contributed by atoms with van der Waals surface area (Å²) in [4.78, 5) is 24.3. The topological polar surface area (TPSA) is 55.8 Å². The molecule has 0 spiro atoms. The molecule has 0 fully saturated rings. The van der Waals surface area contributed by atoms with Gasteiger partial charge in [-0.25, -0.2) is 0 Å². The summed E-state index contributed by atoms with van der Waals surface area (Å²) in [7, 11) is 2.81. The number of hydrogen-bond donors (Lipinski definition) is 0. The number of ether oxygens (including phenoxy) is 2. The molecule has 1 aromatic carbocycles. The van der Waals surface area contributed by atoms with Gasteiger partial charge in [-0.2, -0.15) is 0 Å². The van der Waals surface area contributed by atoms with Gasteiger partial charge >= 0.3 is 5.97 Å². The van der Waals surface area contributed by atoms with Crippen LogP contribution in [0.1, 0.15) is 6.92 Å². The van der Waals surface area contributed by atoms with Gasteiger partial charge in [0.15, 0.2) is 6.10 Å². The van der Waals surface area contributed by atoms with E-state index in [9.17, 15) is 9.59 Å². The number of carbonyl (C=O) groups excluding carboxylic acids is 2. The van der Waals surface area contributed by atoms with Crippen molar-refractivity contribution in [2.24, 2.45) is 0 Å². The zero-order valence-corrected chi connectivity index (χ0v) is 12.6. The van der Waals surface area contributed by atoms with Gasteiger partial charge in [-0.15, -0.1) is 0 Å². The minimum Gasteiger partial charge on any atom is -0.481 e. The van der Waals surface area contributed by atoms with E-state index in [0.29, 0.717) is 5.75 Å². The van der Waals surface area contributed by atoms with E-state index >= 15 is 0 Å². The molecule has 5 nitrogen and oxygen atoms in total. The van der Waals surface area contributed by atoms with E-state index in [0.717, 1.165) is 4.47 Å². The van der Waals surface area contributed by atoms with E-state index in [1.54, 1.807) is 19.1 Å². The first-order chi connectivity index (χ1) is 8.93. The normalized spacial score (nSPS) is 11.6. The van der Waals surface area contributed by atoms with Gasteiger partial charge in [0.25, 0.3) is 5.91 Å². The Balaban J connectivity index is 2.57. The molecule has 0 aromatic heterocycles. The van der Waals surface area contributed by atoms with Crippen LogP contribution in [0.25, 0.3) is 0 Å². The van der Waals surface area contributed by atoms with Crippen LogP contribution in [0.15, 0.2) is 28.7 Å². The van der Waals surface area contributed by atoms with Gasteiger partial charge in [0.05, 0.1) is 7.11 Å². The van der Waals surface area contributed by atoms with Crippen molar-refractivity contribution < 1.29 is 19.1 Å². The number of methoxy groups -OCH3 is 1. The Morgan fingerprint density at radius 2 is 1.89 bits per heavy atom. The Morgan fingerprint density at radius 1 is 1.32 bits per heavy atom. The maximum absolute atomic E-state index is 11.9. The first kappa shape index (κ1) is 15.5. The van der Waals surface area contributed by atoms with Crippen molar-refractivity contribution in [1.29, 1.82) is 0 Å². The quantitative estimate of drug-likeness (QED) is 0.773. The molecule has 0 saturated heterocycles. The number of halogens is 1. The lowest BCUT2D eigenvalue weighted by Crippen LogP contribution is -2.40. The van der Waals surface area contributed by atoms with Crippen molar-refractivity contribution in [2.75, 3.05) is 20.7 Å². The molecule has 1 atom stereocenters. The second-order valence-corrected chi connectivity index (χ2v) is 4.90. The first-order valence-corrected chi connectivity index (χ1v) is 6.47. The number of esters is 1. The second-order valence-electron chi connectivity index (χ2n) is 3.98. The number of amides is 1. The molecule has 104 valence electrons. The SMILES string of the molecule is COC(=O)CN(C)C(=O)C(C)Oc1ccc(Br)cc1. The lowest BCUT2D eigenvalue weighted by Gasteiger charge is -2.21. The fourth-order valence-corrected chi connectivity index (χ4v) is 1.68. The second kappa shape index (κ2) is 7.13. The van der Waals surface area contributed by atoms with Gasteiger partial charge in [0, 0.05) is 11.5 Å². The molecule has 19 heavy (non-hydrogen) atoms. The molecule has 1 unspecified atom stereocenters. The molecule has 1 rings (SSSR count). The van der Waals surface area contributed by atoms with Crippen LogP contribution in [0.5, 0.6) is 5.75 Å². The molecular weight excluding hydrogens is 314 g/mol. The summed E-state index contributed by atoms with van der Waals surface area (Å²) < 4.78 is 10.9. The molecule has 0 N–H and O–H groups in total. The first-order valence-electron chi connectivity index (χ1n) is 5.68. The third-order valence-corrected chi connectivity index (χ3v) is 2.97. The van der Waals surface area contributed by atoms with Crippen molar-refractivity contribution in [3.8, 4) is 5.75 Å². The Bertz CT molecular complexity index is 446. The van der Waals surface area contributed by atoms with Crippen LogP contribution >= 0.6 is 15.9 Å². The standard InChI is InChI=1S/C13H16BrNO4/c1-9(13(17)15(2)8-12(16)18-3)19-11-6-4-10(14)5-7-11/h4-7,9H,8H2,1-3H3. The van der Waals surface area contributed by atoms with Crippen LogP contribution in [0.2, 0.25) is 0 Å². The molecule has 0 aliphatic rings. The average Bonchev–Trinajstić information content (AvgIpc) is 2.40. The number of benzene rings is 1. The predicted molar refractivity (Wildman–Crippen MR) is 73.9 cm³/mol. The number of hydrogen-bond acceptors (Lipinski definition) is 4. The molecule has 0 bridgehead atoms. The van der Waals surface area contributed by atoms with Crippen LogP contribution in [0.3, 0.4) is 0 Å². The highest BCUT2D eigenvalue weighted by Crippen LogP contribution is 2.17. The van der Waals surface area contributed by atoms with Gasteiger partial charge in [0.1, 0.15) is 12.3 Å². The lowest BCUT2D eigenvalue weighted by atomic mass is 10.3. The number of carbonyl (C=O) groups is 2. The molecule has 0 aliphatic carbocycles. The van der Waals surface area contributed by atoms with Crippen molar-refractivity contribution in [2.45, 2.75) is 13.0 Å². The van der Waals surface area contributed by atoms with Gasteiger partial charge in [0.2, 0.25) is 0 Å². The van der Waals surface area contributed by atoms with Crippen LogP contribution in [-0.4, -0.2) is 43.6 Å². The van der Waals surface area contributed by atoms with Crippen LogP contribution in [0.4, 0.5) is 0 Å². The van der Waals surface area contributed by atoms with Crippen molar-refractivity contribution in [3.05, 3.63) is 28.7 Å². The monoisotopic (exact) mass is 329 g/mol. The Kier molecular flexibility index (Phi) is 5.82. The van der Waals surface area contributed by atoms with Crippen molar-refractivity contribution >= 4 is 27.8 Å². The van der Waals surface area contributed by atoms with E-state index in [1.165, 1.54) is 19.1 Å². The summed E-state index contributed by atoms with van der Waals surface area (Å²) in [5, 5.41) is 0. The zero-order chi connectivity index (χ0) is 14.4. The largest absolute Gasteiger partial charge is 0.481 e. The number of likely N-dealkylation sites (N-methyl/N-ethyl adjacent to an activating group) is 1. The van der Waals surface area contributed by atoms with E-state index < -0.39 is 12.1 Å². The van der Waals surface area contributed by atoms with Gasteiger partial charge in [-0.3, -0.25) is 9.59 Å². The van der Waals surface area contributed by atoms with E-state index in [1.807, 2.05) is 12.1 Å². The van der Waals surface area contributed by atoms with Crippen molar-refractivity contribution in [1.82, 2.24) is 4.90 Å². The highest BCUT2D eigenvalue weighted by molar-refractivity contribution is 9.10. The molecule has 0 heterocycles. The molecule has 1 aromatic rings. The fourth-order valence-electron chi connectivity index (χ4n) is 1.41. The summed E-state index contributed by atoms with van der Waals surface area (Å²) in [6.45, 7) is 1.54. The number of rotatable bonds is 5. The summed E-state index contributed by atoms with van der Waals surface area (Å²) in [6, 6.07) is 7.16. The third-order valence-electron chi connectivity index (χ3n) is 2.44. The molecule has 0 aliphatic heterocycles. The predicted octanol–water partition coefficient (Wildman–Crippen LogP) is 1.85. The van der Waals surface area contributed by atoms with Gasteiger partial charge in [-0.05, 0) is 31.2 Å². The van der Waals surface area contributed by atoms with Crippen LogP contribution < -0.4 is 4.74 Å². The van der Waals surface area contributed by atoms with E-state index in [4.69, 9.17) is 4.74 Å². The van der Waals surface area contributed by atoms with Gasteiger partial charge < -0.3 is 14.4 Å². The summed E-state index contributed by atoms with van der Waals surface area (Å²) in [5.74, 6) is -0.157. The lowest BCUT2D eigenvalue weighted by molar-refractivity contribution is -0.148. The third kappa shape index (κ3) is 4.90. The summed E-state index contributed by atoms with van der Waals surface area (Å²) in [6.07, 6.45) is -0.671. The zero-order valence-electron chi connectivity index (χ0n) is 11.1. The summed E-state index contributed by atoms with van der Waals surface area (Å²) >= 11 is 3.32. The molecule has 0 saturated carbocycles. The Labute approximate surface area is 120 Å². The smallest absolute Gasteiger partial charge is 0.325 e. The Morgan fingerprint density at radius 3 is 2.42 bits per heavy atom. The Hall–Kier alpha value is -1.56. The molecule has 1 amide bonds. The average molecular weight is 330 g/mol.